The third kappa shape index (κ3) is 2.98. The molecule has 0 heterocycles. The van der Waals surface area contributed by atoms with Gasteiger partial charge in [0.05, 0.1) is 0 Å². The van der Waals surface area contributed by atoms with E-state index >= 15 is 0 Å². The maximum absolute atomic E-state index is 6.25. The van der Waals surface area contributed by atoms with Crippen molar-refractivity contribution in [3.05, 3.63) is 0 Å². The Kier molecular flexibility index (Phi) is 4.24. The minimum Gasteiger partial charge on any atom is -0.327 e. The molecule has 0 spiro atoms. The van der Waals surface area contributed by atoms with Crippen LogP contribution in [0.25, 0.3) is 0 Å². The smallest absolute Gasteiger partial charge is 0.00928 e. The van der Waals surface area contributed by atoms with Crippen molar-refractivity contribution < 1.29 is 0 Å². The van der Waals surface area contributed by atoms with Crippen LogP contribution in [0.4, 0.5) is 0 Å². The molecule has 0 amide bonds. The summed E-state index contributed by atoms with van der Waals surface area (Å²) in [7, 11) is 0. The van der Waals surface area contributed by atoms with Crippen molar-refractivity contribution in [3.63, 3.8) is 0 Å². The van der Waals surface area contributed by atoms with Crippen LogP contribution in [-0.2, 0) is 0 Å². The Hall–Kier alpha value is -0.0400. The topological polar surface area (TPSA) is 26.0 Å². The van der Waals surface area contributed by atoms with Gasteiger partial charge in [0, 0.05) is 6.04 Å². The van der Waals surface area contributed by atoms with Crippen LogP contribution in [0, 0.1) is 17.8 Å². The highest BCUT2D eigenvalue weighted by atomic mass is 14.7. The van der Waals surface area contributed by atoms with E-state index in [9.17, 15) is 0 Å². The van der Waals surface area contributed by atoms with E-state index in [4.69, 9.17) is 5.73 Å². The Labute approximate surface area is 83.1 Å². The fraction of sp³-hybridized carbons (Fsp3) is 1.00. The van der Waals surface area contributed by atoms with Crippen molar-refractivity contribution in [1.82, 2.24) is 0 Å². The molecule has 0 aliphatic heterocycles. The maximum Gasteiger partial charge on any atom is 0.00928 e. The summed E-state index contributed by atoms with van der Waals surface area (Å²) in [6, 6.07) is 0.456. The van der Waals surface area contributed by atoms with Gasteiger partial charge in [0.25, 0.3) is 0 Å². The summed E-state index contributed by atoms with van der Waals surface area (Å²) < 4.78 is 0. The molecular formula is C12H25N. The number of nitrogens with two attached hydrogens (primary N) is 1. The minimum absolute atomic E-state index is 0.456. The van der Waals surface area contributed by atoms with Crippen LogP contribution in [0.15, 0.2) is 0 Å². The molecule has 1 aliphatic carbocycles. The zero-order valence-electron chi connectivity index (χ0n) is 9.42. The van der Waals surface area contributed by atoms with Gasteiger partial charge in [-0.05, 0) is 30.6 Å². The normalized spacial score (nSPS) is 34.2. The van der Waals surface area contributed by atoms with Gasteiger partial charge in [-0.25, -0.2) is 0 Å². The van der Waals surface area contributed by atoms with Crippen LogP contribution < -0.4 is 5.73 Å². The van der Waals surface area contributed by atoms with Crippen molar-refractivity contribution in [2.45, 2.75) is 58.9 Å². The number of rotatable bonds is 3. The molecule has 2 N–H and O–H groups in total. The number of hydrogen-bond acceptors (Lipinski definition) is 1. The van der Waals surface area contributed by atoms with E-state index in [1.165, 1.54) is 32.1 Å². The zero-order chi connectivity index (χ0) is 9.84. The van der Waals surface area contributed by atoms with Crippen molar-refractivity contribution in [3.8, 4) is 0 Å². The fourth-order valence-electron chi connectivity index (χ4n) is 2.41. The average molecular weight is 183 g/mol. The van der Waals surface area contributed by atoms with E-state index in [1.54, 1.807) is 0 Å². The Morgan fingerprint density at radius 1 is 1.23 bits per heavy atom. The van der Waals surface area contributed by atoms with E-state index in [0.717, 1.165) is 11.8 Å². The molecule has 0 aromatic rings. The van der Waals surface area contributed by atoms with Gasteiger partial charge < -0.3 is 5.73 Å². The molecule has 1 saturated carbocycles. The standard InChI is InChI=1S/C12H25N/c1-4-10(3)12(13)11-7-5-9(2)6-8-11/h9-12H,4-8,13H2,1-3H3. The van der Waals surface area contributed by atoms with Crippen LogP contribution in [0.1, 0.15) is 52.9 Å². The van der Waals surface area contributed by atoms with Gasteiger partial charge >= 0.3 is 0 Å². The molecule has 0 bridgehead atoms. The second kappa shape index (κ2) is 4.99. The monoisotopic (exact) mass is 183 g/mol. The van der Waals surface area contributed by atoms with E-state index in [0.29, 0.717) is 12.0 Å². The van der Waals surface area contributed by atoms with E-state index in [-0.39, 0.29) is 0 Å². The summed E-state index contributed by atoms with van der Waals surface area (Å²) in [5, 5.41) is 0. The highest BCUT2D eigenvalue weighted by Crippen LogP contribution is 2.32. The molecular weight excluding hydrogens is 158 g/mol. The number of hydrogen-bond donors (Lipinski definition) is 1. The van der Waals surface area contributed by atoms with Gasteiger partial charge in [0.1, 0.15) is 0 Å². The molecule has 1 aliphatic rings. The molecule has 1 rings (SSSR count). The van der Waals surface area contributed by atoms with E-state index in [1.807, 2.05) is 0 Å². The molecule has 1 heteroatoms. The Morgan fingerprint density at radius 3 is 2.23 bits per heavy atom. The molecule has 78 valence electrons. The molecule has 2 unspecified atom stereocenters. The van der Waals surface area contributed by atoms with Gasteiger partial charge in [-0.15, -0.1) is 0 Å². The van der Waals surface area contributed by atoms with E-state index in [2.05, 4.69) is 20.8 Å². The fourth-order valence-corrected chi connectivity index (χ4v) is 2.41. The van der Waals surface area contributed by atoms with Crippen LogP contribution in [0.2, 0.25) is 0 Å². The van der Waals surface area contributed by atoms with Crippen LogP contribution in [-0.4, -0.2) is 6.04 Å². The quantitative estimate of drug-likeness (QED) is 0.714. The second-order valence-corrected chi connectivity index (χ2v) is 4.98. The summed E-state index contributed by atoms with van der Waals surface area (Å²) in [4.78, 5) is 0. The highest BCUT2D eigenvalue weighted by molar-refractivity contribution is 4.81. The third-order valence-electron chi connectivity index (χ3n) is 3.91. The van der Waals surface area contributed by atoms with Crippen LogP contribution in [0.3, 0.4) is 0 Å². The van der Waals surface area contributed by atoms with Crippen molar-refractivity contribution >= 4 is 0 Å². The Bertz CT molecular complexity index is 136. The minimum atomic E-state index is 0.456. The molecule has 0 radical (unpaired) electrons. The van der Waals surface area contributed by atoms with Gasteiger partial charge in [-0.2, -0.15) is 0 Å². The molecule has 0 saturated heterocycles. The Morgan fingerprint density at radius 2 is 1.77 bits per heavy atom. The lowest BCUT2D eigenvalue weighted by Gasteiger charge is -2.33. The molecule has 13 heavy (non-hydrogen) atoms. The first kappa shape index (κ1) is 11.0. The zero-order valence-corrected chi connectivity index (χ0v) is 9.42. The van der Waals surface area contributed by atoms with Gasteiger partial charge in [0.15, 0.2) is 0 Å². The first-order valence-corrected chi connectivity index (χ1v) is 5.90. The molecule has 0 aromatic carbocycles. The van der Waals surface area contributed by atoms with E-state index < -0.39 is 0 Å². The maximum atomic E-state index is 6.25. The predicted molar refractivity (Wildman–Crippen MR) is 58.6 cm³/mol. The summed E-state index contributed by atoms with van der Waals surface area (Å²) >= 11 is 0. The Balaban J connectivity index is 2.35. The molecule has 0 aromatic heterocycles. The summed E-state index contributed by atoms with van der Waals surface area (Å²) in [6.07, 6.45) is 6.76. The second-order valence-electron chi connectivity index (χ2n) is 4.98. The van der Waals surface area contributed by atoms with Crippen molar-refractivity contribution in [2.75, 3.05) is 0 Å². The first-order valence-electron chi connectivity index (χ1n) is 5.90. The summed E-state index contributed by atoms with van der Waals surface area (Å²) in [5.41, 5.74) is 6.25. The van der Waals surface area contributed by atoms with Gasteiger partial charge in [0.2, 0.25) is 0 Å². The summed E-state index contributed by atoms with van der Waals surface area (Å²) in [5.74, 6) is 2.46. The molecule has 1 fully saturated rings. The molecule has 1 nitrogen and oxygen atoms in total. The lowest BCUT2D eigenvalue weighted by Crippen LogP contribution is -2.37. The third-order valence-corrected chi connectivity index (χ3v) is 3.91. The molecule has 2 atom stereocenters. The largest absolute Gasteiger partial charge is 0.327 e. The predicted octanol–water partition coefficient (Wildman–Crippen LogP) is 3.19. The lowest BCUT2D eigenvalue weighted by atomic mass is 9.76. The van der Waals surface area contributed by atoms with Crippen LogP contribution in [0.5, 0.6) is 0 Å². The SMILES string of the molecule is CCC(C)C(N)C1CCC(C)CC1. The van der Waals surface area contributed by atoms with Crippen LogP contribution >= 0.6 is 0 Å². The highest BCUT2D eigenvalue weighted by Gasteiger charge is 2.26. The average Bonchev–Trinajstić information content (AvgIpc) is 2.17. The van der Waals surface area contributed by atoms with Crippen molar-refractivity contribution in [1.29, 1.82) is 0 Å². The van der Waals surface area contributed by atoms with Crippen molar-refractivity contribution in [2.24, 2.45) is 23.5 Å². The summed E-state index contributed by atoms with van der Waals surface area (Å²) in [6.45, 7) is 6.91. The van der Waals surface area contributed by atoms with Gasteiger partial charge in [-0.1, -0.05) is 40.0 Å². The lowest BCUT2D eigenvalue weighted by molar-refractivity contribution is 0.216. The first-order chi connectivity index (χ1) is 6.15. The van der Waals surface area contributed by atoms with Gasteiger partial charge in [-0.3, -0.25) is 0 Å².